The molecule has 0 amide bonds. The van der Waals surface area contributed by atoms with E-state index in [1.807, 2.05) is 6.07 Å². The molecule has 2 rings (SSSR count). The lowest BCUT2D eigenvalue weighted by Gasteiger charge is -2.16. The van der Waals surface area contributed by atoms with Crippen molar-refractivity contribution in [2.45, 2.75) is 35.0 Å². The number of sulfonamides is 1. The van der Waals surface area contributed by atoms with Gasteiger partial charge >= 0.3 is 0 Å². The quantitative estimate of drug-likeness (QED) is 0.871. The highest BCUT2D eigenvalue weighted by molar-refractivity contribution is 9.09. The van der Waals surface area contributed by atoms with E-state index in [1.165, 1.54) is 0 Å². The van der Waals surface area contributed by atoms with Gasteiger partial charge in [-0.15, -0.1) is 0 Å². The molecule has 1 aliphatic rings. The van der Waals surface area contributed by atoms with Crippen molar-refractivity contribution in [2.75, 3.05) is 0 Å². The van der Waals surface area contributed by atoms with E-state index in [1.54, 1.807) is 24.3 Å². The van der Waals surface area contributed by atoms with E-state index in [0.29, 0.717) is 4.90 Å². The predicted molar refractivity (Wildman–Crippen MR) is 67.1 cm³/mol. The van der Waals surface area contributed by atoms with Crippen molar-refractivity contribution in [2.24, 2.45) is 0 Å². The van der Waals surface area contributed by atoms with Gasteiger partial charge in [0.15, 0.2) is 0 Å². The molecule has 88 valence electrons. The summed E-state index contributed by atoms with van der Waals surface area (Å²) < 4.78 is 26.8. The normalized spacial score (nSPS) is 25.8. The summed E-state index contributed by atoms with van der Waals surface area (Å²) in [6, 6.07) is 8.51. The molecule has 0 radical (unpaired) electrons. The molecule has 0 aliphatic heterocycles. The number of hydrogen-bond acceptors (Lipinski definition) is 2. The molecule has 0 bridgehead atoms. The molecule has 5 heteroatoms. The Morgan fingerprint density at radius 2 is 1.88 bits per heavy atom. The van der Waals surface area contributed by atoms with Gasteiger partial charge in [-0.25, -0.2) is 13.1 Å². The maximum absolute atomic E-state index is 12.0. The lowest BCUT2D eigenvalue weighted by molar-refractivity contribution is 0.556. The van der Waals surface area contributed by atoms with Crippen LogP contribution in [0.25, 0.3) is 0 Å². The second kappa shape index (κ2) is 4.85. The Labute approximate surface area is 104 Å². The van der Waals surface area contributed by atoms with Gasteiger partial charge in [-0.3, -0.25) is 0 Å². The van der Waals surface area contributed by atoms with E-state index < -0.39 is 10.0 Å². The Balaban J connectivity index is 2.15. The molecule has 0 aromatic heterocycles. The van der Waals surface area contributed by atoms with Crippen LogP contribution < -0.4 is 4.72 Å². The van der Waals surface area contributed by atoms with Gasteiger partial charge in [-0.2, -0.15) is 0 Å². The van der Waals surface area contributed by atoms with Crippen LogP contribution in [-0.4, -0.2) is 19.3 Å². The summed E-state index contributed by atoms with van der Waals surface area (Å²) in [4.78, 5) is 0.590. The van der Waals surface area contributed by atoms with Crippen molar-refractivity contribution in [3.63, 3.8) is 0 Å². The molecule has 0 saturated heterocycles. The fraction of sp³-hybridized carbons (Fsp3) is 0.455. The smallest absolute Gasteiger partial charge is 0.207 e. The zero-order valence-corrected chi connectivity index (χ0v) is 11.2. The van der Waals surface area contributed by atoms with Crippen LogP contribution >= 0.6 is 15.9 Å². The predicted octanol–water partition coefficient (Wildman–Crippen LogP) is 2.28. The largest absolute Gasteiger partial charge is 0.240 e. The standard InChI is InChI=1S/C11H14BrNO2S/c12-10-7-4-8-11(10)13-16(14,15)9-5-2-1-3-6-9/h1-3,5-6,10-11,13H,4,7-8H2. The van der Waals surface area contributed by atoms with Gasteiger partial charge < -0.3 is 0 Å². The van der Waals surface area contributed by atoms with Crippen LogP contribution in [0.4, 0.5) is 0 Å². The van der Waals surface area contributed by atoms with Gasteiger partial charge in [0.1, 0.15) is 0 Å². The number of alkyl halides is 1. The average Bonchev–Trinajstić information content (AvgIpc) is 2.65. The van der Waals surface area contributed by atoms with Gasteiger partial charge in [0.2, 0.25) is 10.0 Å². The lowest BCUT2D eigenvalue weighted by atomic mass is 10.3. The molecule has 0 heterocycles. The minimum atomic E-state index is -3.36. The van der Waals surface area contributed by atoms with Crippen LogP contribution in [0.3, 0.4) is 0 Å². The molecule has 1 aliphatic carbocycles. The van der Waals surface area contributed by atoms with E-state index in [-0.39, 0.29) is 10.9 Å². The van der Waals surface area contributed by atoms with Crippen molar-refractivity contribution < 1.29 is 8.42 Å². The van der Waals surface area contributed by atoms with Crippen LogP contribution in [0, 0.1) is 0 Å². The molecule has 1 aromatic rings. The first kappa shape index (κ1) is 12.1. The van der Waals surface area contributed by atoms with Gasteiger partial charge in [0, 0.05) is 10.9 Å². The molecule has 2 atom stereocenters. The first-order chi connectivity index (χ1) is 7.59. The van der Waals surface area contributed by atoms with E-state index in [0.717, 1.165) is 19.3 Å². The Morgan fingerprint density at radius 1 is 1.19 bits per heavy atom. The molecular weight excluding hydrogens is 290 g/mol. The minimum absolute atomic E-state index is 0.0187. The molecule has 1 N–H and O–H groups in total. The lowest BCUT2D eigenvalue weighted by Crippen LogP contribution is -2.37. The van der Waals surface area contributed by atoms with Crippen molar-refractivity contribution in [3.8, 4) is 0 Å². The van der Waals surface area contributed by atoms with Crippen LogP contribution in [0.15, 0.2) is 35.2 Å². The molecule has 3 nitrogen and oxygen atoms in total. The van der Waals surface area contributed by atoms with Gasteiger partial charge in [0.05, 0.1) is 4.90 Å². The van der Waals surface area contributed by atoms with Gasteiger partial charge in [0.25, 0.3) is 0 Å². The first-order valence-corrected chi connectivity index (χ1v) is 7.71. The third kappa shape index (κ3) is 2.64. The zero-order chi connectivity index (χ0) is 11.6. The fourth-order valence-corrected chi connectivity index (χ4v) is 4.14. The van der Waals surface area contributed by atoms with Crippen LogP contribution in [0.2, 0.25) is 0 Å². The third-order valence-electron chi connectivity index (χ3n) is 2.79. The van der Waals surface area contributed by atoms with Crippen molar-refractivity contribution in [1.82, 2.24) is 4.72 Å². The third-order valence-corrected chi connectivity index (χ3v) is 5.39. The summed E-state index contributed by atoms with van der Waals surface area (Å²) in [5.74, 6) is 0. The average molecular weight is 304 g/mol. The Morgan fingerprint density at radius 3 is 2.44 bits per heavy atom. The van der Waals surface area contributed by atoms with Crippen molar-refractivity contribution in [3.05, 3.63) is 30.3 Å². The summed E-state index contributed by atoms with van der Waals surface area (Å²) in [7, 11) is -3.36. The topological polar surface area (TPSA) is 46.2 Å². The maximum Gasteiger partial charge on any atom is 0.240 e. The minimum Gasteiger partial charge on any atom is -0.207 e. The van der Waals surface area contributed by atoms with Gasteiger partial charge in [-0.1, -0.05) is 40.5 Å². The molecule has 0 spiro atoms. The summed E-state index contributed by atoms with van der Waals surface area (Å²) in [5, 5.41) is 0. The van der Waals surface area contributed by atoms with Gasteiger partial charge in [-0.05, 0) is 25.0 Å². The van der Waals surface area contributed by atoms with Crippen LogP contribution in [0.1, 0.15) is 19.3 Å². The number of rotatable bonds is 3. The fourth-order valence-electron chi connectivity index (χ4n) is 1.91. The van der Waals surface area contributed by atoms with Crippen molar-refractivity contribution >= 4 is 26.0 Å². The number of halogens is 1. The Kier molecular flexibility index (Phi) is 3.66. The molecule has 1 saturated carbocycles. The summed E-state index contributed by atoms with van der Waals surface area (Å²) in [5.41, 5.74) is 0. The SMILES string of the molecule is O=S(=O)(NC1CCCC1Br)c1ccccc1. The second-order valence-electron chi connectivity index (χ2n) is 3.99. The summed E-state index contributed by atoms with van der Waals surface area (Å²) in [6.07, 6.45) is 3.00. The zero-order valence-electron chi connectivity index (χ0n) is 8.77. The highest BCUT2D eigenvalue weighted by atomic mass is 79.9. The highest BCUT2D eigenvalue weighted by Gasteiger charge is 2.29. The van der Waals surface area contributed by atoms with Crippen LogP contribution in [0.5, 0.6) is 0 Å². The van der Waals surface area contributed by atoms with E-state index >= 15 is 0 Å². The summed E-state index contributed by atoms with van der Waals surface area (Å²) >= 11 is 3.50. The number of hydrogen-bond donors (Lipinski definition) is 1. The molecule has 2 unspecified atom stereocenters. The molecule has 1 aromatic carbocycles. The monoisotopic (exact) mass is 303 g/mol. The van der Waals surface area contributed by atoms with Crippen LogP contribution in [-0.2, 0) is 10.0 Å². The number of nitrogens with one attached hydrogen (secondary N) is 1. The maximum atomic E-state index is 12.0. The van der Waals surface area contributed by atoms with E-state index in [2.05, 4.69) is 20.7 Å². The summed E-state index contributed by atoms with van der Waals surface area (Å²) in [6.45, 7) is 0. The van der Waals surface area contributed by atoms with E-state index in [9.17, 15) is 8.42 Å². The first-order valence-electron chi connectivity index (χ1n) is 5.31. The Bertz CT molecular complexity index is 446. The number of benzene rings is 1. The van der Waals surface area contributed by atoms with Crippen molar-refractivity contribution in [1.29, 1.82) is 0 Å². The second-order valence-corrected chi connectivity index (χ2v) is 6.88. The Hall–Kier alpha value is -0.390. The molecule has 1 fully saturated rings. The highest BCUT2D eigenvalue weighted by Crippen LogP contribution is 2.26. The van der Waals surface area contributed by atoms with E-state index in [4.69, 9.17) is 0 Å². The molecular formula is C11H14BrNO2S. The molecule has 16 heavy (non-hydrogen) atoms.